The van der Waals surface area contributed by atoms with Crippen LogP contribution in [0.15, 0.2) is 40.9 Å². The molecular weight excluding hydrogens is 306 g/mol. The van der Waals surface area contributed by atoms with Crippen molar-refractivity contribution in [2.24, 2.45) is 7.05 Å². The van der Waals surface area contributed by atoms with Crippen LogP contribution in [0.3, 0.4) is 0 Å². The Morgan fingerprint density at radius 1 is 1.37 bits per heavy atom. The third-order valence-electron chi connectivity index (χ3n) is 2.83. The van der Waals surface area contributed by atoms with Crippen molar-refractivity contribution >= 4 is 21.8 Å². The minimum absolute atomic E-state index is 0.00831. The molecule has 0 bridgehead atoms. The van der Waals surface area contributed by atoms with Gasteiger partial charge in [0.15, 0.2) is 0 Å². The zero-order chi connectivity index (χ0) is 13.8. The Bertz CT molecular complexity index is 655. The lowest BCUT2D eigenvalue weighted by molar-refractivity contribution is 0.0950. The van der Waals surface area contributed by atoms with E-state index in [4.69, 9.17) is 5.26 Å². The van der Waals surface area contributed by atoms with Crippen molar-refractivity contribution in [2.75, 3.05) is 6.54 Å². The summed E-state index contributed by atoms with van der Waals surface area (Å²) in [5.74, 6) is -0.248. The maximum Gasteiger partial charge on any atom is 0.268 e. The monoisotopic (exact) mass is 317 g/mol. The van der Waals surface area contributed by atoms with E-state index in [9.17, 15) is 4.79 Å². The topological polar surface area (TPSA) is 57.8 Å². The van der Waals surface area contributed by atoms with Crippen LogP contribution in [0.25, 0.3) is 11.3 Å². The van der Waals surface area contributed by atoms with Crippen LogP contribution < -0.4 is 5.32 Å². The molecule has 1 heterocycles. The molecule has 0 radical (unpaired) electrons. The van der Waals surface area contributed by atoms with E-state index in [2.05, 4.69) is 21.2 Å². The Balaban J connectivity index is 2.37. The number of rotatable bonds is 3. The number of benzene rings is 1. The summed E-state index contributed by atoms with van der Waals surface area (Å²) in [5, 5.41) is 11.0. The zero-order valence-electron chi connectivity index (χ0n) is 10.4. The van der Waals surface area contributed by atoms with E-state index in [-0.39, 0.29) is 12.5 Å². The number of nitrogens with one attached hydrogen (secondary N) is 1. The van der Waals surface area contributed by atoms with Crippen LogP contribution in [0.4, 0.5) is 0 Å². The molecule has 2 aromatic rings. The molecule has 1 amide bonds. The van der Waals surface area contributed by atoms with Gasteiger partial charge in [0.1, 0.15) is 12.2 Å². The molecule has 4 nitrogen and oxygen atoms in total. The fraction of sp³-hybridized carbons (Fsp3) is 0.143. The Kier molecular flexibility index (Phi) is 4.03. The summed E-state index contributed by atoms with van der Waals surface area (Å²) < 4.78 is 2.78. The van der Waals surface area contributed by atoms with Gasteiger partial charge in [0, 0.05) is 22.8 Å². The average molecular weight is 318 g/mol. The number of carbonyl (C=O) groups excluding carboxylic acids is 1. The van der Waals surface area contributed by atoms with Gasteiger partial charge in [-0.15, -0.1) is 0 Å². The minimum Gasteiger partial charge on any atom is -0.340 e. The van der Waals surface area contributed by atoms with Gasteiger partial charge in [0.05, 0.1) is 6.07 Å². The van der Waals surface area contributed by atoms with Crippen molar-refractivity contribution < 1.29 is 4.79 Å². The van der Waals surface area contributed by atoms with Gasteiger partial charge in [0.2, 0.25) is 0 Å². The molecule has 0 saturated heterocycles. The Labute approximate surface area is 119 Å². The van der Waals surface area contributed by atoms with Gasteiger partial charge in [-0.05, 0) is 18.2 Å². The smallest absolute Gasteiger partial charge is 0.268 e. The second-order valence-corrected chi connectivity index (χ2v) is 4.84. The van der Waals surface area contributed by atoms with Crippen LogP contribution in [0.5, 0.6) is 0 Å². The van der Waals surface area contributed by atoms with E-state index in [0.717, 1.165) is 15.7 Å². The molecular formula is C14H12BrN3O. The van der Waals surface area contributed by atoms with Crippen LogP contribution in [0, 0.1) is 11.3 Å². The lowest BCUT2D eigenvalue weighted by Gasteiger charge is -2.08. The number of nitrogens with zero attached hydrogens (tertiary/aromatic N) is 2. The van der Waals surface area contributed by atoms with Crippen molar-refractivity contribution in [2.45, 2.75) is 0 Å². The predicted molar refractivity (Wildman–Crippen MR) is 76.5 cm³/mol. The molecule has 0 fully saturated rings. The molecule has 1 N–H and O–H groups in total. The number of aromatic nitrogens is 1. The third kappa shape index (κ3) is 2.69. The van der Waals surface area contributed by atoms with E-state index < -0.39 is 0 Å². The molecule has 0 aliphatic heterocycles. The number of nitriles is 1. The summed E-state index contributed by atoms with van der Waals surface area (Å²) in [4.78, 5) is 11.9. The first kappa shape index (κ1) is 13.4. The van der Waals surface area contributed by atoms with E-state index >= 15 is 0 Å². The van der Waals surface area contributed by atoms with Crippen molar-refractivity contribution in [3.63, 3.8) is 0 Å². The summed E-state index contributed by atoms with van der Waals surface area (Å²) in [5.41, 5.74) is 2.49. The van der Waals surface area contributed by atoms with Gasteiger partial charge in [-0.25, -0.2) is 0 Å². The van der Waals surface area contributed by atoms with Crippen molar-refractivity contribution in [3.8, 4) is 17.3 Å². The normalized spacial score (nSPS) is 9.95. The van der Waals surface area contributed by atoms with Crippen LogP contribution in [-0.4, -0.2) is 17.0 Å². The largest absolute Gasteiger partial charge is 0.340 e. The quantitative estimate of drug-likeness (QED) is 0.885. The second-order valence-electron chi connectivity index (χ2n) is 3.98. The average Bonchev–Trinajstić information content (AvgIpc) is 2.78. The van der Waals surface area contributed by atoms with Crippen LogP contribution in [-0.2, 0) is 7.05 Å². The number of hydrogen-bond acceptors (Lipinski definition) is 2. The molecule has 0 saturated carbocycles. The van der Waals surface area contributed by atoms with Gasteiger partial charge in [-0.3, -0.25) is 4.79 Å². The first-order chi connectivity index (χ1) is 9.15. The highest BCUT2D eigenvalue weighted by atomic mass is 79.9. The van der Waals surface area contributed by atoms with E-state index in [1.165, 1.54) is 0 Å². The summed E-state index contributed by atoms with van der Waals surface area (Å²) >= 11 is 3.50. The van der Waals surface area contributed by atoms with E-state index in [0.29, 0.717) is 5.69 Å². The Morgan fingerprint density at radius 2 is 2.11 bits per heavy atom. The summed E-state index contributed by atoms with van der Waals surface area (Å²) in [6.45, 7) is 0.00831. The van der Waals surface area contributed by atoms with Gasteiger partial charge in [-0.2, -0.15) is 5.26 Å². The molecule has 1 aromatic carbocycles. The highest BCUT2D eigenvalue weighted by Crippen LogP contribution is 2.28. The molecule has 0 atom stereocenters. The maximum atomic E-state index is 11.9. The van der Waals surface area contributed by atoms with Crippen LogP contribution in [0.2, 0.25) is 0 Å². The first-order valence-corrected chi connectivity index (χ1v) is 6.50. The molecule has 0 unspecified atom stereocenters. The van der Waals surface area contributed by atoms with Crippen molar-refractivity contribution in [3.05, 3.63) is 46.6 Å². The summed E-state index contributed by atoms with van der Waals surface area (Å²) in [6, 6.07) is 13.4. The van der Waals surface area contributed by atoms with Crippen molar-refractivity contribution in [1.29, 1.82) is 5.26 Å². The second kappa shape index (κ2) is 5.72. The highest BCUT2D eigenvalue weighted by Gasteiger charge is 2.14. The van der Waals surface area contributed by atoms with Crippen LogP contribution >= 0.6 is 15.9 Å². The SMILES string of the molecule is Cn1c(C(=O)NCC#N)ccc1-c1ccccc1Br. The fourth-order valence-electron chi connectivity index (χ4n) is 1.89. The van der Waals surface area contributed by atoms with Gasteiger partial charge < -0.3 is 9.88 Å². The standard InChI is InChI=1S/C14H12BrN3O/c1-18-12(10-4-2-3-5-11(10)15)6-7-13(18)14(19)17-9-8-16/h2-7H,9H2,1H3,(H,17,19). The van der Waals surface area contributed by atoms with Crippen molar-refractivity contribution in [1.82, 2.24) is 9.88 Å². The molecule has 1 aromatic heterocycles. The summed E-state index contributed by atoms with van der Waals surface area (Å²) in [6.07, 6.45) is 0. The Morgan fingerprint density at radius 3 is 2.79 bits per heavy atom. The number of carbonyl (C=O) groups is 1. The van der Waals surface area contributed by atoms with Gasteiger partial charge in [-0.1, -0.05) is 34.1 Å². The molecule has 2 rings (SSSR count). The minimum atomic E-state index is -0.248. The Hall–Kier alpha value is -2.06. The fourth-order valence-corrected chi connectivity index (χ4v) is 2.38. The van der Waals surface area contributed by atoms with E-state index in [1.807, 2.05) is 48.0 Å². The highest BCUT2D eigenvalue weighted by molar-refractivity contribution is 9.10. The number of hydrogen-bond donors (Lipinski definition) is 1. The number of amides is 1. The molecule has 0 aliphatic rings. The number of halogens is 1. The third-order valence-corrected chi connectivity index (χ3v) is 3.52. The predicted octanol–water partition coefficient (Wildman–Crippen LogP) is 2.71. The first-order valence-electron chi connectivity index (χ1n) is 5.71. The molecule has 0 spiro atoms. The molecule has 0 aliphatic carbocycles. The molecule has 96 valence electrons. The summed E-state index contributed by atoms with van der Waals surface area (Å²) in [7, 11) is 1.83. The lowest BCUT2D eigenvalue weighted by atomic mass is 10.1. The van der Waals surface area contributed by atoms with Gasteiger partial charge in [0.25, 0.3) is 5.91 Å². The van der Waals surface area contributed by atoms with Crippen LogP contribution in [0.1, 0.15) is 10.5 Å². The zero-order valence-corrected chi connectivity index (χ0v) is 11.9. The maximum absolute atomic E-state index is 11.9. The van der Waals surface area contributed by atoms with Gasteiger partial charge >= 0.3 is 0 Å². The molecule has 19 heavy (non-hydrogen) atoms. The molecule has 5 heteroatoms. The lowest BCUT2D eigenvalue weighted by Crippen LogP contribution is -2.25. The van der Waals surface area contributed by atoms with E-state index in [1.54, 1.807) is 6.07 Å².